The molecule has 0 aliphatic carbocycles. The minimum absolute atomic E-state index is 0.141. The zero-order chi connectivity index (χ0) is 11.3. The second-order valence-electron chi connectivity index (χ2n) is 4.08. The number of nitrogens with one attached hydrogen (secondary N) is 1. The van der Waals surface area contributed by atoms with Gasteiger partial charge in [-0.2, -0.15) is 13.2 Å². The smallest absolute Gasteiger partial charge is 0.313 e. The number of hydrogen-bond donors (Lipinski definition) is 1. The molecule has 0 aromatic heterocycles. The lowest BCUT2D eigenvalue weighted by molar-refractivity contribution is -0.138. The minimum atomic E-state index is -4.03. The Labute approximate surface area is 88.8 Å². The second kappa shape index (κ2) is 5.70. The van der Waals surface area contributed by atoms with Crippen molar-refractivity contribution in [2.75, 3.05) is 26.2 Å². The molecular weight excluding hydrogens is 205 g/mol. The van der Waals surface area contributed by atoms with Crippen LogP contribution in [0.1, 0.15) is 26.2 Å². The van der Waals surface area contributed by atoms with Gasteiger partial charge in [-0.05, 0) is 25.9 Å². The van der Waals surface area contributed by atoms with E-state index in [1.54, 1.807) is 0 Å². The Morgan fingerprint density at radius 2 is 2.13 bits per heavy atom. The molecule has 0 spiro atoms. The van der Waals surface area contributed by atoms with Crippen molar-refractivity contribution in [3.63, 3.8) is 0 Å². The molecular formula is C10H19F3N2. The van der Waals surface area contributed by atoms with Crippen molar-refractivity contribution in [3.8, 4) is 0 Å². The maximum absolute atomic E-state index is 12.0. The predicted molar refractivity (Wildman–Crippen MR) is 53.8 cm³/mol. The van der Waals surface area contributed by atoms with Gasteiger partial charge in [0.2, 0.25) is 0 Å². The van der Waals surface area contributed by atoms with Crippen LogP contribution in [0.15, 0.2) is 0 Å². The van der Waals surface area contributed by atoms with Gasteiger partial charge in [0.1, 0.15) is 0 Å². The van der Waals surface area contributed by atoms with Crippen LogP contribution < -0.4 is 5.32 Å². The van der Waals surface area contributed by atoms with Crippen LogP contribution in [-0.2, 0) is 0 Å². The highest BCUT2D eigenvalue weighted by molar-refractivity contribution is 4.75. The highest BCUT2D eigenvalue weighted by Gasteiger charge is 2.28. The van der Waals surface area contributed by atoms with Gasteiger partial charge in [0.15, 0.2) is 0 Å². The van der Waals surface area contributed by atoms with Gasteiger partial charge in [-0.25, -0.2) is 0 Å². The fraction of sp³-hybridized carbons (Fsp3) is 1.00. The van der Waals surface area contributed by atoms with Crippen LogP contribution in [0.2, 0.25) is 0 Å². The quantitative estimate of drug-likeness (QED) is 0.789. The van der Waals surface area contributed by atoms with Gasteiger partial charge in [0.05, 0.1) is 6.42 Å². The van der Waals surface area contributed by atoms with E-state index in [0.717, 1.165) is 32.5 Å². The van der Waals surface area contributed by atoms with E-state index in [2.05, 4.69) is 12.2 Å². The molecule has 5 heteroatoms. The van der Waals surface area contributed by atoms with Crippen molar-refractivity contribution >= 4 is 0 Å². The first kappa shape index (κ1) is 12.8. The zero-order valence-electron chi connectivity index (χ0n) is 9.11. The van der Waals surface area contributed by atoms with Crippen molar-refractivity contribution in [2.45, 2.75) is 38.4 Å². The van der Waals surface area contributed by atoms with E-state index in [1.807, 2.05) is 4.90 Å². The molecule has 0 aromatic rings. The summed E-state index contributed by atoms with van der Waals surface area (Å²) in [6.45, 7) is 4.64. The fourth-order valence-electron chi connectivity index (χ4n) is 1.84. The molecule has 0 radical (unpaired) electrons. The zero-order valence-corrected chi connectivity index (χ0v) is 9.11. The molecule has 1 heterocycles. The molecule has 2 nitrogen and oxygen atoms in total. The van der Waals surface area contributed by atoms with Crippen molar-refractivity contribution < 1.29 is 13.2 Å². The van der Waals surface area contributed by atoms with Crippen molar-refractivity contribution in [1.29, 1.82) is 0 Å². The summed E-state index contributed by atoms with van der Waals surface area (Å²) in [7, 11) is 0. The molecule has 0 bridgehead atoms. The third-order valence-electron chi connectivity index (χ3n) is 2.77. The van der Waals surface area contributed by atoms with Crippen LogP contribution in [0, 0.1) is 0 Å². The summed E-state index contributed by atoms with van der Waals surface area (Å²) in [5.41, 5.74) is 0. The fourth-order valence-corrected chi connectivity index (χ4v) is 1.84. The average molecular weight is 224 g/mol. The van der Waals surface area contributed by atoms with Crippen LogP contribution in [0.4, 0.5) is 13.2 Å². The van der Waals surface area contributed by atoms with Crippen molar-refractivity contribution in [1.82, 2.24) is 10.2 Å². The van der Waals surface area contributed by atoms with E-state index in [0.29, 0.717) is 6.04 Å². The molecule has 1 fully saturated rings. The van der Waals surface area contributed by atoms with Gasteiger partial charge in [0.25, 0.3) is 0 Å². The number of rotatable bonds is 3. The summed E-state index contributed by atoms with van der Waals surface area (Å²) in [4.78, 5) is 1.92. The molecule has 90 valence electrons. The van der Waals surface area contributed by atoms with E-state index in [1.165, 1.54) is 0 Å². The van der Waals surface area contributed by atoms with Crippen LogP contribution >= 0.6 is 0 Å². The Morgan fingerprint density at radius 1 is 1.40 bits per heavy atom. The third kappa shape index (κ3) is 5.37. The number of alkyl halides is 3. The Bertz CT molecular complexity index is 182. The van der Waals surface area contributed by atoms with Gasteiger partial charge >= 0.3 is 6.18 Å². The molecule has 0 amide bonds. The van der Waals surface area contributed by atoms with Crippen molar-refractivity contribution in [3.05, 3.63) is 0 Å². The van der Waals surface area contributed by atoms with E-state index in [-0.39, 0.29) is 6.54 Å². The molecule has 0 aromatic carbocycles. The summed E-state index contributed by atoms with van der Waals surface area (Å²) in [5, 5.41) is 3.34. The summed E-state index contributed by atoms with van der Waals surface area (Å²) in [5.74, 6) is 0. The van der Waals surface area contributed by atoms with E-state index < -0.39 is 12.6 Å². The lowest BCUT2D eigenvalue weighted by Gasteiger charge is -2.23. The van der Waals surface area contributed by atoms with Gasteiger partial charge in [0, 0.05) is 19.1 Å². The number of halogens is 3. The third-order valence-corrected chi connectivity index (χ3v) is 2.77. The maximum atomic E-state index is 12.0. The van der Waals surface area contributed by atoms with Crippen LogP contribution in [-0.4, -0.2) is 43.3 Å². The second-order valence-corrected chi connectivity index (χ2v) is 4.08. The highest BCUT2D eigenvalue weighted by atomic mass is 19.4. The lowest BCUT2D eigenvalue weighted by Crippen LogP contribution is -2.38. The monoisotopic (exact) mass is 224 g/mol. The SMILES string of the molecule is CCC1CN(CCC(F)(F)F)CCCN1. The summed E-state index contributed by atoms with van der Waals surface area (Å²) >= 11 is 0. The molecule has 15 heavy (non-hydrogen) atoms. The molecule has 1 aliphatic rings. The minimum Gasteiger partial charge on any atom is -0.313 e. The maximum Gasteiger partial charge on any atom is 0.390 e. The molecule has 1 aliphatic heterocycles. The molecule has 1 atom stereocenters. The highest BCUT2D eigenvalue weighted by Crippen LogP contribution is 2.20. The summed E-state index contributed by atoms with van der Waals surface area (Å²) in [6.07, 6.45) is -2.80. The molecule has 0 saturated carbocycles. The largest absolute Gasteiger partial charge is 0.390 e. The normalized spacial score (nSPS) is 25.2. The molecule has 1 unspecified atom stereocenters. The van der Waals surface area contributed by atoms with Gasteiger partial charge < -0.3 is 10.2 Å². The van der Waals surface area contributed by atoms with Gasteiger partial charge in [-0.15, -0.1) is 0 Å². The Hall–Kier alpha value is -0.290. The summed E-state index contributed by atoms with van der Waals surface area (Å²) < 4.78 is 36.1. The molecule has 1 N–H and O–H groups in total. The van der Waals surface area contributed by atoms with Crippen LogP contribution in [0.3, 0.4) is 0 Å². The Balaban J connectivity index is 2.33. The lowest BCUT2D eigenvalue weighted by atomic mass is 10.2. The topological polar surface area (TPSA) is 15.3 Å². The van der Waals surface area contributed by atoms with Gasteiger partial charge in [-0.1, -0.05) is 6.92 Å². The first-order valence-corrected chi connectivity index (χ1v) is 5.54. The Kier molecular flexibility index (Phi) is 4.86. The van der Waals surface area contributed by atoms with Crippen molar-refractivity contribution in [2.24, 2.45) is 0 Å². The van der Waals surface area contributed by atoms with Crippen LogP contribution in [0.5, 0.6) is 0 Å². The van der Waals surface area contributed by atoms with Crippen LogP contribution in [0.25, 0.3) is 0 Å². The summed E-state index contributed by atoms with van der Waals surface area (Å²) in [6, 6.07) is 0.348. The first-order chi connectivity index (χ1) is 7.01. The predicted octanol–water partition coefficient (Wildman–Crippen LogP) is 2.01. The van der Waals surface area contributed by atoms with E-state index in [4.69, 9.17) is 0 Å². The number of hydrogen-bond acceptors (Lipinski definition) is 2. The van der Waals surface area contributed by atoms with E-state index in [9.17, 15) is 13.2 Å². The Morgan fingerprint density at radius 3 is 2.73 bits per heavy atom. The van der Waals surface area contributed by atoms with E-state index >= 15 is 0 Å². The van der Waals surface area contributed by atoms with Gasteiger partial charge in [-0.3, -0.25) is 0 Å². The average Bonchev–Trinajstić information content (AvgIpc) is 2.38. The molecule has 1 rings (SSSR count). The first-order valence-electron chi connectivity index (χ1n) is 5.54. The molecule has 1 saturated heterocycles. The standard InChI is InChI=1S/C10H19F3N2/c1-2-9-8-15(6-3-5-14-9)7-4-10(11,12)13/h9,14H,2-8H2,1H3. The number of nitrogens with zero attached hydrogens (tertiary/aromatic N) is 1.